The predicted molar refractivity (Wildman–Crippen MR) is 79.5 cm³/mol. The van der Waals surface area contributed by atoms with Crippen molar-refractivity contribution in [1.29, 1.82) is 0 Å². The SMILES string of the molecule is Cc1cc(C)c(C(=O)O)c(SCc2cccnc2Cl)n1. The standard InChI is InChI=1S/C14H13ClN2O2S/c1-8-6-9(2)17-13(11(8)14(18)19)20-7-10-4-3-5-16-12(10)15/h3-6H,7H2,1-2H3,(H,18,19). The zero-order valence-electron chi connectivity index (χ0n) is 11.1. The number of thioether (sulfide) groups is 1. The molecule has 0 aliphatic heterocycles. The van der Waals surface area contributed by atoms with E-state index in [1.807, 2.05) is 13.0 Å². The van der Waals surface area contributed by atoms with Gasteiger partial charge in [0.05, 0.1) is 5.56 Å². The van der Waals surface area contributed by atoms with E-state index in [1.165, 1.54) is 11.8 Å². The molecule has 0 radical (unpaired) electrons. The summed E-state index contributed by atoms with van der Waals surface area (Å²) in [4.78, 5) is 19.7. The molecule has 104 valence electrons. The zero-order valence-corrected chi connectivity index (χ0v) is 12.6. The molecular formula is C14H13ClN2O2S. The van der Waals surface area contributed by atoms with E-state index in [2.05, 4.69) is 9.97 Å². The van der Waals surface area contributed by atoms with Gasteiger partial charge in [0.1, 0.15) is 10.2 Å². The number of pyridine rings is 2. The maximum atomic E-state index is 11.3. The molecule has 0 atom stereocenters. The van der Waals surface area contributed by atoms with Crippen molar-refractivity contribution in [2.75, 3.05) is 0 Å². The molecule has 1 N–H and O–H groups in total. The molecule has 0 spiro atoms. The topological polar surface area (TPSA) is 63.1 Å². The van der Waals surface area contributed by atoms with Gasteiger partial charge >= 0.3 is 5.97 Å². The smallest absolute Gasteiger partial charge is 0.338 e. The molecule has 6 heteroatoms. The van der Waals surface area contributed by atoms with Crippen molar-refractivity contribution in [3.05, 3.63) is 51.9 Å². The van der Waals surface area contributed by atoms with Crippen LogP contribution in [-0.2, 0) is 5.75 Å². The van der Waals surface area contributed by atoms with Gasteiger partial charge in [0, 0.05) is 17.6 Å². The Balaban J connectivity index is 2.30. The fourth-order valence-electron chi connectivity index (χ4n) is 1.84. The predicted octanol–water partition coefficient (Wildman–Crippen LogP) is 3.74. The normalized spacial score (nSPS) is 10.6. The molecule has 0 saturated carbocycles. The summed E-state index contributed by atoms with van der Waals surface area (Å²) in [7, 11) is 0. The van der Waals surface area contributed by atoms with Crippen LogP contribution >= 0.6 is 23.4 Å². The van der Waals surface area contributed by atoms with Crippen LogP contribution in [0.2, 0.25) is 5.15 Å². The van der Waals surface area contributed by atoms with Gasteiger partial charge in [0.2, 0.25) is 0 Å². The largest absolute Gasteiger partial charge is 0.478 e. The van der Waals surface area contributed by atoms with Crippen molar-refractivity contribution in [3.63, 3.8) is 0 Å². The summed E-state index contributed by atoms with van der Waals surface area (Å²) >= 11 is 7.35. The van der Waals surface area contributed by atoms with Crippen LogP contribution in [-0.4, -0.2) is 21.0 Å². The van der Waals surface area contributed by atoms with Gasteiger partial charge in [0.25, 0.3) is 0 Å². The van der Waals surface area contributed by atoms with Crippen molar-refractivity contribution in [3.8, 4) is 0 Å². The van der Waals surface area contributed by atoms with E-state index in [0.717, 1.165) is 11.3 Å². The first-order valence-electron chi connectivity index (χ1n) is 5.92. The summed E-state index contributed by atoms with van der Waals surface area (Å²) in [6.07, 6.45) is 1.62. The summed E-state index contributed by atoms with van der Waals surface area (Å²) in [5.74, 6) is -0.433. The maximum absolute atomic E-state index is 11.3. The number of aromatic carboxylic acids is 1. The molecule has 2 aromatic rings. The van der Waals surface area contributed by atoms with Gasteiger partial charge in [-0.15, -0.1) is 11.8 Å². The molecule has 0 fully saturated rings. The van der Waals surface area contributed by atoms with E-state index in [9.17, 15) is 9.90 Å². The first kappa shape index (κ1) is 14.8. The van der Waals surface area contributed by atoms with E-state index in [1.54, 1.807) is 25.3 Å². The summed E-state index contributed by atoms with van der Waals surface area (Å²) in [6, 6.07) is 5.44. The highest BCUT2D eigenvalue weighted by molar-refractivity contribution is 7.98. The molecular weight excluding hydrogens is 296 g/mol. The van der Waals surface area contributed by atoms with E-state index in [-0.39, 0.29) is 5.56 Å². The number of nitrogens with zero attached hydrogens (tertiary/aromatic N) is 2. The first-order valence-corrected chi connectivity index (χ1v) is 7.29. The summed E-state index contributed by atoms with van der Waals surface area (Å²) in [6.45, 7) is 3.62. The summed E-state index contributed by atoms with van der Waals surface area (Å²) < 4.78 is 0. The molecule has 0 bridgehead atoms. The highest BCUT2D eigenvalue weighted by Gasteiger charge is 2.16. The second-order valence-corrected chi connectivity index (χ2v) is 5.63. The first-order chi connectivity index (χ1) is 9.49. The highest BCUT2D eigenvalue weighted by Crippen LogP contribution is 2.28. The van der Waals surface area contributed by atoms with Crippen LogP contribution in [0.4, 0.5) is 0 Å². The number of carboxylic acids is 1. The van der Waals surface area contributed by atoms with Gasteiger partial charge in [-0.05, 0) is 37.1 Å². The second-order valence-electron chi connectivity index (χ2n) is 4.31. The number of aryl methyl sites for hydroxylation is 2. The Morgan fingerprint density at radius 3 is 2.85 bits per heavy atom. The Kier molecular flexibility index (Phi) is 4.62. The minimum atomic E-state index is -0.963. The Bertz CT molecular complexity index is 662. The van der Waals surface area contributed by atoms with Crippen LogP contribution in [0.15, 0.2) is 29.4 Å². The number of carbonyl (C=O) groups is 1. The quantitative estimate of drug-likeness (QED) is 0.688. The minimum absolute atomic E-state index is 0.251. The van der Waals surface area contributed by atoms with E-state index < -0.39 is 5.97 Å². The van der Waals surface area contributed by atoms with Crippen molar-refractivity contribution < 1.29 is 9.90 Å². The van der Waals surface area contributed by atoms with E-state index in [4.69, 9.17) is 11.6 Å². The lowest BCUT2D eigenvalue weighted by molar-refractivity contribution is 0.0691. The van der Waals surface area contributed by atoms with Gasteiger partial charge in [-0.1, -0.05) is 17.7 Å². The van der Waals surface area contributed by atoms with Gasteiger partial charge in [-0.3, -0.25) is 0 Å². The second kappa shape index (κ2) is 6.24. The average Bonchev–Trinajstić information content (AvgIpc) is 2.36. The molecule has 0 aliphatic rings. The van der Waals surface area contributed by atoms with Gasteiger partial charge < -0.3 is 5.11 Å². The van der Waals surface area contributed by atoms with Crippen molar-refractivity contribution >= 4 is 29.3 Å². The number of aromatic nitrogens is 2. The Labute approximate surface area is 126 Å². The third-order valence-corrected chi connectivity index (χ3v) is 4.09. The molecule has 20 heavy (non-hydrogen) atoms. The van der Waals surface area contributed by atoms with Crippen molar-refractivity contribution in [2.45, 2.75) is 24.6 Å². The fourth-order valence-corrected chi connectivity index (χ4v) is 3.23. The number of hydrogen-bond acceptors (Lipinski definition) is 4. The lowest BCUT2D eigenvalue weighted by Crippen LogP contribution is -2.05. The van der Waals surface area contributed by atoms with Gasteiger partial charge in [-0.25, -0.2) is 14.8 Å². The lowest BCUT2D eigenvalue weighted by Gasteiger charge is -2.09. The van der Waals surface area contributed by atoms with E-state index in [0.29, 0.717) is 21.5 Å². The summed E-state index contributed by atoms with van der Waals surface area (Å²) in [5, 5.41) is 10.2. The fraction of sp³-hybridized carbons (Fsp3) is 0.214. The minimum Gasteiger partial charge on any atom is -0.478 e. The number of carboxylic acid groups (broad SMARTS) is 1. The monoisotopic (exact) mass is 308 g/mol. The molecule has 0 aliphatic carbocycles. The van der Waals surface area contributed by atoms with Crippen LogP contribution in [0.3, 0.4) is 0 Å². The van der Waals surface area contributed by atoms with Crippen LogP contribution in [0, 0.1) is 13.8 Å². The molecule has 2 rings (SSSR count). The maximum Gasteiger partial charge on any atom is 0.338 e. The number of rotatable bonds is 4. The molecule has 0 aromatic carbocycles. The zero-order chi connectivity index (χ0) is 14.7. The number of halogens is 1. The third-order valence-electron chi connectivity index (χ3n) is 2.73. The highest BCUT2D eigenvalue weighted by atomic mass is 35.5. The van der Waals surface area contributed by atoms with Crippen LogP contribution in [0.1, 0.15) is 27.2 Å². The molecule has 4 nitrogen and oxygen atoms in total. The summed E-state index contributed by atoms with van der Waals surface area (Å²) in [5.41, 5.74) is 2.62. The lowest BCUT2D eigenvalue weighted by atomic mass is 10.1. The molecule has 2 aromatic heterocycles. The molecule has 2 heterocycles. The van der Waals surface area contributed by atoms with Crippen molar-refractivity contribution in [2.24, 2.45) is 0 Å². The Morgan fingerprint density at radius 2 is 2.20 bits per heavy atom. The Morgan fingerprint density at radius 1 is 1.45 bits per heavy atom. The van der Waals surface area contributed by atoms with Crippen LogP contribution in [0.5, 0.6) is 0 Å². The van der Waals surface area contributed by atoms with Gasteiger partial charge in [0.15, 0.2) is 0 Å². The van der Waals surface area contributed by atoms with Crippen LogP contribution in [0.25, 0.3) is 0 Å². The van der Waals surface area contributed by atoms with Crippen molar-refractivity contribution in [1.82, 2.24) is 9.97 Å². The molecule has 0 amide bonds. The molecule has 0 saturated heterocycles. The molecule has 0 unspecified atom stereocenters. The average molecular weight is 309 g/mol. The van der Waals surface area contributed by atoms with Gasteiger partial charge in [-0.2, -0.15) is 0 Å². The van der Waals surface area contributed by atoms with Crippen LogP contribution < -0.4 is 0 Å². The Hall–Kier alpha value is -1.59. The third kappa shape index (κ3) is 3.29. The van der Waals surface area contributed by atoms with E-state index >= 15 is 0 Å². The number of hydrogen-bond donors (Lipinski definition) is 1.